The van der Waals surface area contributed by atoms with E-state index in [2.05, 4.69) is 31.4 Å². The van der Waals surface area contributed by atoms with Crippen molar-refractivity contribution in [3.05, 3.63) is 24.3 Å². The zero-order valence-electron chi connectivity index (χ0n) is 13.6. The van der Waals surface area contributed by atoms with Gasteiger partial charge in [-0.1, -0.05) is 27.2 Å². The molecule has 1 aromatic rings. The third-order valence-electron chi connectivity index (χ3n) is 4.74. The van der Waals surface area contributed by atoms with Gasteiger partial charge in [0.2, 0.25) is 12.3 Å². The maximum Gasteiger partial charge on any atom is 0.227 e. The molecule has 22 heavy (non-hydrogen) atoms. The highest BCUT2D eigenvalue weighted by atomic mass is 16.2. The Labute approximate surface area is 132 Å². The Morgan fingerprint density at radius 2 is 1.82 bits per heavy atom. The second kappa shape index (κ2) is 7.43. The molecule has 2 N–H and O–H groups in total. The van der Waals surface area contributed by atoms with Gasteiger partial charge in [0, 0.05) is 17.3 Å². The highest BCUT2D eigenvalue weighted by molar-refractivity contribution is 5.93. The second-order valence-electron chi connectivity index (χ2n) is 6.76. The van der Waals surface area contributed by atoms with E-state index in [-0.39, 0.29) is 11.8 Å². The van der Waals surface area contributed by atoms with E-state index < -0.39 is 0 Å². The Morgan fingerprint density at radius 1 is 1.18 bits per heavy atom. The third kappa shape index (κ3) is 4.09. The summed E-state index contributed by atoms with van der Waals surface area (Å²) in [6, 6.07) is 7.21. The molecule has 0 aliphatic heterocycles. The number of amides is 2. The summed E-state index contributed by atoms with van der Waals surface area (Å²) in [4.78, 5) is 23.0. The number of nitrogens with one attached hydrogen (secondary N) is 2. The van der Waals surface area contributed by atoms with Crippen molar-refractivity contribution in [3.63, 3.8) is 0 Å². The molecule has 4 heteroatoms. The Kier molecular flexibility index (Phi) is 5.58. The number of benzene rings is 1. The fourth-order valence-corrected chi connectivity index (χ4v) is 3.46. The van der Waals surface area contributed by atoms with Gasteiger partial charge in [0.1, 0.15) is 0 Å². The maximum atomic E-state index is 12.7. The lowest BCUT2D eigenvalue weighted by Crippen LogP contribution is -2.36. The van der Waals surface area contributed by atoms with E-state index >= 15 is 0 Å². The fraction of sp³-hybridized carbons (Fsp3) is 0.556. The predicted molar refractivity (Wildman–Crippen MR) is 89.6 cm³/mol. The summed E-state index contributed by atoms with van der Waals surface area (Å²) < 4.78 is 0. The number of hydrogen-bond donors (Lipinski definition) is 2. The molecule has 1 aliphatic carbocycles. The van der Waals surface area contributed by atoms with Crippen molar-refractivity contribution >= 4 is 23.7 Å². The molecule has 4 nitrogen and oxygen atoms in total. The number of carbonyl (C=O) groups is 2. The number of carbonyl (C=O) groups excluding carboxylic acids is 2. The van der Waals surface area contributed by atoms with Crippen LogP contribution in [0.1, 0.15) is 40.0 Å². The molecule has 2 amide bonds. The molecular formula is C18H26N2O2. The summed E-state index contributed by atoms with van der Waals surface area (Å²) in [6.07, 6.45) is 3.97. The first-order valence-electron chi connectivity index (χ1n) is 8.12. The molecule has 3 atom stereocenters. The van der Waals surface area contributed by atoms with Crippen LogP contribution < -0.4 is 10.6 Å². The average molecular weight is 302 g/mol. The van der Waals surface area contributed by atoms with Gasteiger partial charge < -0.3 is 10.6 Å². The zero-order valence-corrected chi connectivity index (χ0v) is 13.6. The van der Waals surface area contributed by atoms with Crippen molar-refractivity contribution in [2.75, 3.05) is 10.6 Å². The lowest BCUT2D eigenvalue weighted by molar-refractivity contribution is -0.124. The highest BCUT2D eigenvalue weighted by Crippen LogP contribution is 2.38. The van der Waals surface area contributed by atoms with Crippen LogP contribution in [-0.2, 0) is 9.59 Å². The molecule has 0 bridgehead atoms. The largest absolute Gasteiger partial charge is 0.329 e. The number of anilines is 2. The van der Waals surface area contributed by atoms with Gasteiger partial charge >= 0.3 is 0 Å². The van der Waals surface area contributed by atoms with E-state index in [0.29, 0.717) is 24.2 Å². The monoisotopic (exact) mass is 302 g/mol. The van der Waals surface area contributed by atoms with Crippen LogP contribution >= 0.6 is 0 Å². The van der Waals surface area contributed by atoms with Crippen LogP contribution in [0, 0.1) is 23.7 Å². The molecule has 2 rings (SSSR count). The minimum absolute atomic E-state index is 0.0940. The lowest BCUT2D eigenvalue weighted by atomic mass is 9.70. The van der Waals surface area contributed by atoms with E-state index in [9.17, 15) is 9.59 Å². The zero-order chi connectivity index (χ0) is 16.1. The smallest absolute Gasteiger partial charge is 0.227 e. The topological polar surface area (TPSA) is 58.2 Å². The molecular weight excluding hydrogens is 276 g/mol. The van der Waals surface area contributed by atoms with Gasteiger partial charge in [-0.25, -0.2) is 0 Å². The Balaban J connectivity index is 2.04. The van der Waals surface area contributed by atoms with Gasteiger partial charge in [-0.2, -0.15) is 0 Å². The van der Waals surface area contributed by atoms with Crippen LogP contribution in [-0.4, -0.2) is 12.3 Å². The first-order chi connectivity index (χ1) is 10.5. The van der Waals surface area contributed by atoms with Gasteiger partial charge in [-0.3, -0.25) is 9.59 Å². The second-order valence-corrected chi connectivity index (χ2v) is 6.76. The van der Waals surface area contributed by atoms with Crippen LogP contribution in [0.25, 0.3) is 0 Å². The average Bonchev–Trinajstić information content (AvgIpc) is 2.49. The Morgan fingerprint density at radius 3 is 2.41 bits per heavy atom. The molecule has 1 saturated carbocycles. The van der Waals surface area contributed by atoms with E-state index in [4.69, 9.17) is 0 Å². The SMILES string of the molecule is CC1CCC(C(C)C)C(C(=O)Nc2ccc(NC=O)cc2)C1. The van der Waals surface area contributed by atoms with E-state index in [0.717, 1.165) is 24.2 Å². The van der Waals surface area contributed by atoms with E-state index in [1.165, 1.54) is 6.42 Å². The summed E-state index contributed by atoms with van der Waals surface area (Å²) in [5.41, 5.74) is 1.50. The fourth-order valence-electron chi connectivity index (χ4n) is 3.46. The lowest BCUT2D eigenvalue weighted by Gasteiger charge is -2.36. The first kappa shape index (κ1) is 16.5. The minimum atomic E-state index is 0.0940. The summed E-state index contributed by atoms with van der Waals surface area (Å²) in [5.74, 6) is 1.83. The van der Waals surface area contributed by atoms with Crippen molar-refractivity contribution in [3.8, 4) is 0 Å². The minimum Gasteiger partial charge on any atom is -0.329 e. The maximum absolute atomic E-state index is 12.7. The van der Waals surface area contributed by atoms with Gasteiger partial charge in [0.25, 0.3) is 0 Å². The molecule has 120 valence electrons. The van der Waals surface area contributed by atoms with Crippen molar-refractivity contribution < 1.29 is 9.59 Å². The van der Waals surface area contributed by atoms with Crippen LogP contribution in [0.15, 0.2) is 24.3 Å². The molecule has 0 spiro atoms. The Bertz CT molecular complexity index is 510. The third-order valence-corrected chi connectivity index (χ3v) is 4.74. The molecule has 1 aromatic carbocycles. The van der Waals surface area contributed by atoms with Gasteiger partial charge in [-0.05, 0) is 54.9 Å². The Hall–Kier alpha value is -1.84. The van der Waals surface area contributed by atoms with Crippen LogP contribution in [0.4, 0.5) is 11.4 Å². The molecule has 3 unspecified atom stereocenters. The van der Waals surface area contributed by atoms with Crippen LogP contribution in [0.3, 0.4) is 0 Å². The summed E-state index contributed by atoms with van der Waals surface area (Å²) in [5, 5.41) is 5.62. The standard InChI is InChI=1S/C18H26N2O2/c1-12(2)16-9-4-13(3)10-17(16)18(22)20-15-7-5-14(6-8-15)19-11-21/h5-8,11-13,16-17H,4,9-10H2,1-3H3,(H,19,21)(H,20,22). The van der Waals surface area contributed by atoms with Crippen molar-refractivity contribution in [2.45, 2.75) is 40.0 Å². The molecule has 1 fully saturated rings. The normalized spacial score (nSPS) is 24.8. The quantitative estimate of drug-likeness (QED) is 0.810. The van der Waals surface area contributed by atoms with E-state index in [1.54, 1.807) is 12.1 Å². The van der Waals surface area contributed by atoms with Crippen molar-refractivity contribution in [1.29, 1.82) is 0 Å². The van der Waals surface area contributed by atoms with Crippen molar-refractivity contribution in [2.24, 2.45) is 23.7 Å². The summed E-state index contributed by atoms with van der Waals surface area (Å²) in [6.45, 7) is 6.65. The van der Waals surface area contributed by atoms with Gasteiger partial charge in [-0.15, -0.1) is 0 Å². The van der Waals surface area contributed by atoms with Gasteiger partial charge in [0.05, 0.1) is 0 Å². The van der Waals surface area contributed by atoms with Gasteiger partial charge in [0.15, 0.2) is 0 Å². The summed E-state index contributed by atoms with van der Waals surface area (Å²) in [7, 11) is 0. The molecule has 1 aliphatic rings. The number of rotatable bonds is 5. The van der Waals surface area contributed by atoms with Crippen molar-refractivity contribution in [1.82, 2.24) is 0 Å². The molecule has 0 saturated heterocycles. The molecule has 0 radical (unpaired) electrons. The highest BCUT2D eigenvalue weighted by Gasteiger charge is 2.35. The molecule has 0 heterocycles. The van der Waals surface area contributed by atoms with E-state index in [1.807, 2.05) is 12.1 Å². The summed E-state index contributed by atoms with van der Waals surface area (Å²) >= 11 is 0. The first-order valence-corrected chi connectivity index (χ1v) is 8.12. The predicted octanol–water partition coefficient (Wildman–Crippen LogP) is 3.90. The number of hydrogen-bond acceptors (Lipinski definition) is 2. The van der Waals surface area contributed by atoms with Crippen LogP contribution in [0.2, 0.25) is 0 Å². The molecule has 0 aromatic heterocycles. The van der Waals surface area contributed by atoms with Crippen LogP contribution in [0.5, 0.6) is 0 Å².